The Kier molecular flexibility index (Phi) is 7.58. The Balaban J connectivity index is 1.38. The number of carbonyl (C=O) groups excluding carboxylic acids is 1. The van der Waals surface area contributed by atoms with E-state index in [1.807, 2.05) is 24.0 Å². The highest BCUT2D eigenvalue weighted by Crippen LogP contribution is 2.24. The molecule has 1 aromatic carbocycles. The van der Waals surface area contributed by atoms with Gasteiger partial charge in [-0.25, -0.2) is 4.39 Å². The van der Waals surface area contributed by atoms with E-state index in [1.54, 1.807) is 6.07 Å². The highest BCUT2D eigenvalue weighted by Gasteiger charge is 2.30. The first kappa shape index (κ1) is 22.9. The fraction of sp³-hybridized carbons (Fsp3) is 0.600. The quantitative estimate of drug-likeness (QED) is 0.672. The van der Waals surface area contributed by atoms with Crippen molar-refractivity contribution in [1.82, 2.24) is 20.0 Å². The van der Waals surface area contributed by atoms with E-state index in [0.717, 1.165) is 75.2 Å². The highest BCUT2D eigenvalue weighted by molar-refractivity contribution is 5.94. The minimum atomic E-state index is -0.135. The Labute approximate surface area is 190 Å². The molecule has 2 aliphatic rings. The van der Waals surface area contributed by atoms with Crippen molar-refractivity contribution in [2.75, 3.05) is 32.8 Å². The maximum atomic E-state index is 14.0. The monoisotopic (exact) mass is 442 g/mol. The summed E-state index contributed by atoms with van der Waals surface area (Å²) in [4.78, 5) is 17.7. The average Bonchev–Trinajstić information content (AvgIpc) is 3.45. The fourth-order valence-corrected chi connectivity index (χ4v) is 4.92. The number of nitrogens with zero attached hydrogens (tertiary/aromatic N) is 3. The van der Waals surface area contributed by atoms with Crippen LogP contribution in [0.25, 0.3) is 0 Å². The molecule has 4 rings (SSSR count). The summed E-state index contributed by atoms with van der Waals surface area (Å²) in [5, 5.41) is 7.37. The molecule has 174 valence electrons. The third-order valence-electron chi connectivity index (χ3n) is 6.94. The third-order valence-corrected chi connectivity index (χ3v) is 6.94. The number of ether oxygens (including phenoxy) is 1. The first-order valence-electron chi connectivity index (χ1n) is 12.0. The van der Waals surface area contributed by atoms with Crippen LogP contribution in [-0.4, -0.2) is 64.8 Å². The fourth-order valence-electron chi connectivity index (χ4n) is 4.92. The van der Waals surface area contributed by atoms with Gasteiger partial charge >= 0.3 is 0 Å². The van der Waals surface area contributed by atoms with Crippen LogP contribution >= 0.6 is 0 Å². The zero-order valence-electron chi connectivity index (χ0n) is 19.3. The first-order valence-corrected chi connectivity index (χ1v) is 12.0. The van der Waals surface area contributed by atoms with Crippen LogP contribution in [0, 0.1) is 18.7 Å². The number of aryl methyl sites for hydroxylation is 1. The molecule has 2 fully saturated rings. The van der Waals surface area contributed by atoms with Gasteiger partial charge in [0.15, 0.2) is 5.69 Å². The Bertz CT molecular complexity index is 901. The minimum Gasteiger partial charge on any atom is -0.376 e. The van der Waals surface area contributed by atoms with Crippen LogP contribution in [0.5, 0.6) is 0 Å². The van der Waals surface area contributed by atoms with Gasteiger partial charge in [0, 0.05) is 43.1 Å². The van der Waals surface area contributed by atoms with Crippen LogP contribution in [0.3, 0.4) is 0 Å². The van der Waals surface area contributed by atoms with Gasteiger partial charge in [0.2, 0.25) is 0 Å². The number of hydrogen-bond donors (Lipinski definition) is 1. The number of halogens is 1. The lowest BCUT2D eigenvalue weighted by Gasteiger charge is -2.35. The van der Waals surface area contributed by atoms with Gasteiger partial charge in [-0.3, -0.25) is 14.8 Å². The Morgan fingerprint density at radius 3 is 2.69 bits per heavy atom. The molecule has 1 unspecified atom stereocenters. The first-order chi connectivity index (χ1) is 15.5. The van der Waals surface area contributed by atoms with E-state index in [1.165, 1.54) is 6.07 Å². The molecule has 1 amide bonds. The molecule has 0 saturated carbocycles. The van der Waals surface area contributed by atoms with E-state index < -0.39 is 0 Å². The Morgan fingerprint density at radius 2 is 2.03 bits per heavy atom. The minimum absolute atomic E-state index is 0.00253. The Morgan fingerprint density at radius 1 is 1.25 bits per heavy atom. The Hall–Kier alpha value is -2.25. The third kappa shape index (κ3) is 5.38. The summed E-state index contributed by atoms with van der Waals surface area (Å²) in [5.41, 5.74) is 3.26. The van der Waals surface area contributed by atoms with E-state index in [2.05, 4.69) is 22.0 Å². The summed E-state index contributed by atoms with van der Waals surface area (Å²) in [5.74, 6) is 0.300. The predicted octanol–water partition coefficient (Wildman–Crippen LogP) is 3.95. The van der Waals surface area contributed by atoms with Gasteiger partial charge in [-0.05, 0) is 64.1 Å². The van der Waals surface area contributed by atoms with Gasteiger partial charge in [0.1, 0.15) is 5.82 Å². The highest BCUT2D eigenvalue weighted by atomic mass is 19.1. The SMILES string of the molecule is CCc1[nH]nc(C(=O)N(CC2CCN(Cc3ccccc3F)CC2)CC2CCCO2)c1C. The van der Waals surface area contributed by atoms with Crippen molar-refractivity contribution in [1.29, 1.82) is 0 Å². The van der Waals surface area contributed by atoms with Crippen LogP contribution in [0.1, 0.15) is 59.9 Å². The van der Waals surface area contributed by atoms with Crippen LogP contribution in [0.2, 0.25) is 0 Å². The maximum absolute atomic E-state index is 14.0. The van der Waals surface area contributed by atoms with Gasteiger partial charge in [-0.15, -0.1) is 0 Å². The van der Waals surface area contributed by atoms with Crippen molar-refractivity contribution in [2.24, 2.45) is 5.92 Å². The topological polar surface area (TPSA) is 61.5 Å². The number of aromatic amines is 1. The van der Waals surface area contributed by atoms with Gasteiger partial charge in [0.05, 0.1) is 6.10 Å². The molecule has 0 aliphatic carbocycles. The van der Waals surface area contributed by atoms with E-state index in [9.17, 15) is 9.18 Å². The lowest BCUT2D eigenvalue weighted by Crippen LogP contribution is -2.43. The summed E-state index contributed by atoms with van der Waals surface area (Å²) >= 11 is 0. The second-order valence-corrected chi connectivity index (χ2v) is 9.19. The molecule has 2 aromatic rings. The average molecular weight is 443 g/mol. The molecule has 0 radical (unpaired) electrons. The summed E-state index contributed by atoms with van der Waals surface area (Å²) in [6.07, 6.45) is 5.02. The van der Waals surface area contributed by atoms with Crippen molar-refractivity contribution in [3.05, 3.63) is 52.6 Å². The number of hydrogen-bond acceptors (Lipinski definition) is 4. The van der Waals surface area contributed by atoms with Crippen LogP contribution < -0.4 is 0 Å². The number of carbonyl (C=O) groups is 1. The molecule has 0 bridgehead atoms. The number of benzene rings is 1. The molecule has 3 heterocycles. The van der Waals surface area contributed by atoms with Gasteiger partial charge in [0.25, 0.3) is 5.91 Å². The zero-order chi connectivity index (χ0) is 22.5. The lowest BCUT2D eigenvalue weighted by atomic mass is 9.95. The van der Waals surface area contributed by atoms with Crippen LogP contribution in [0.4, 0.5) is 4.39 Å². The zero-order valence-corrected chi connectivity index (χ0v) is 19.3. The summed E-state index contributed by atoms with van der Waals surface area (Å²) in [7, 11) is 0. The smallest absolute Gasteiger partial charge is 0.274 e. The van der Waals surface area contributed by atoms with E-state index in [0.29, 0.717) is 24.7 Å². The molecule has 1 atom stereocenters. The van der Waals surface area contributed by atoms with Gasteiger partial charge in [-0.2, -0.15) is 5.10 Å². The molecule has 1 N–H and O–H groups in total. The van der Waals surface area contributed by atoms with E-state index in [4.69, 9.17) is 4.74 Å². The molecular weight excluding hydrogens is 407 g/mol. The summed E-state index contributed by atoms with van der Waals surface area (Å²) < 4.78 is 19.8. The lowest BCUT2D eigenvalue weighted by molar-refractivity contribution is 0.0439. The van der Waals surface area contributed by atoms with E-state index in [-0.39, 0.29) is 17.8 Å². The molecule has 6 nitrogen and oxygen atoms in total. The second-order valence-electron chi connectivity index (χ2n) is 9.19. The normalized spacial score (nSPS) is 20.0. The van der Waals surface area contributed by atoms with Crippen molar-refractivity contribution in [3.63, 3.8) is 0 Å². The standard InChI is InChI=1S/C25H35FN4O2/c1-3-23-18(2)24(28-27-23)25(31)30(17-21-8-6-14-32-21)15-19-10-12-29(13-11-19)16-20-7-4-5-9-22(20)26/h4-5,7,9,19,21H,3,6,8,10-17H2,1-2H3,(H,27,28). The number of likely N-dealkylation sites (tertiary alicyclic amines) is 1. The van der Waals surface area contributed by atoms with Gasteiger partial charge in [-0.1, -0.05) is 25.1 Å². The maximum Gasteiger partial charge on any atom is 0.274 e. The second kappa shape index (κ2) is 10.6. The van der Waals surface area contributed by atoms with Crippen molar-refractivity contribution in [2.45, 2.75) is 58.6 Å². The largest absolute Gasteiger partial charge is 0.376 e. The number of H-pyrrole nitrogens is 1. The molecule has 7 heteroatoms. The van der Waals surface area contributed by atoms with Crippen LogP contribution in [-0.2, 0) is 17.7 Å². The van der Waals surface area contributed by atoms with E-state index >= 15 is 0 Å². The number of amides is 1. The van der Waals surface area contributed by atoms with Crippen molar-refractivity contribution < 1.29 is 13.9 Å². The number of nitrogens with one attached hydrogen (secondary N) is 1. The van der Waals surface area contributed by atoms with Gasteiger partial charge < -0.3 is 9.64 Å². The molecule has 2 saturated heterocycles. The van der Waals surface area contributed by atoms with Crippen molar-refractivity contribution in [3.8, 4) is 0 Å². The molecule has 32 heavy (non-hydrogen) atoms. The summed E-state index contributed by atoms with van der Waals surface area (Å²) in [6, 6.07) is 7.01. The van der Waals surface area contributed by atoms with Crippen molar-refractivity contribution >= 4 is 5.91 Å². The predicted molar refractivity (Wildman–Crippen MR) is 122 cm³/mol. The summed E-state index contributed by atoms with van der Waals surface area (Å²) in [6.45, 7) is 8.65. The molecular formula is C25H35FN4O2. The number of piperidine rings is 1. The number of rotatable bonds is 8. The molecule has 2 aliphatic heterocycles. The molecule has 0 spiro atoms. The number of aromatic nitrogens is 2. The molecule has 1 aromatic heterocycles. The van der Waals surface area contributed by atoms with Crippen LogP contribution in [0.15, 0.2) is 24.3 Å².